The lowest BCUT2D eigenvalue weighted by Crippen LogP contribution is -2.48. The summed E-state index contributed by atoms with van der Waals surface area (Å²) in [5.74, 6) is 1.39. The van der Waals surface area contributed by atoms with Crippen LogP contribution in [0.1, 0.15) is 10.4 Å². The molecular formula is C22H22N6O3. The summed E-state index contributed by atoms with van der Waals surface area (Å²) in [5.41, 5.74) is 1.63. The zero-order chi connectivity index (χ0) is 21.6. The fraction of sp³-hybridized carbons (Fsp3) is 0.182. The molecule has 1 aliphatic rings. The van der Waals surface area contributed by atoms with Gasteiger partial charge >= 0.3 is 0 Å². The summed E-state index contributed by atoms with van der Waals surface area (Å²) in [6.07, 6.45) is 3.18. The molecule has 9 heteroatoms. The number of para-hydroxylation sites is 2. The van der Waals surface area contributed by atoms with Crippen LogP contribution in [0.4, 0.5) is 23.0 Å². The lowest BCUT2D eigenvalue weighted by Gasteiger charge is -2.27. The second-order valence-electron chi connectivity index (χ2n) is 6.86. The SMILES string of the molecule is COc1ccccc1Nc1ncccc1C(=O)Nc1ccc(N2CCNC(=O)C2)nc1. The summed E-state index contributed by atoms with van der Waals surface area (Å²) in [5, 5.41) is 8.78. The predicted molar refractivity (Wildman–Crippen MR) is 118 cm³/mol. The maximum Gasteiger partial charge on any atom is 0.259 e. The molecule has 4 rings (SSSR count). The zero-order valence-electron chi connectivity index (χ0n) is 17.0. The molecule has 158 valence electrons. The second-order valence-corrected chi connectivity index (χ2v) is 6.86. The van der Waals surface area contributed by atoms with E-state index in [9.17, 15) is 9.59 Å². The first-order valence-corrected chi connectivity index (χ1v) is 9.78. The molecule has 0 saturated carbocycles. The maximum absolute atomic E-state index is 12.9. The van der Waals surface area contributed by atoms with E-state index in [0.717, 1.165) is 0 Å². The number of nitrogens with zero attached hydrogens (tertiary/aromatic N) is 3. The minimum atomic E-state index is -0.322. The minimum absolute atomic E-state index is 0.0305. The van der Waals surface area contributed by atoms with Crippen LogP contribution in [0.3, 0.4) is 0 Å². The Balaban J connectivity index is 1.48. The van der Waals surface area contributed by atoms with E-state index in [1.165, 1.54) is 0 Å². The molecule has 31 heavy (non-hydrogen) atoms. The minimum Gasteiger partial charge on any atom is -0.495 e. The molecule has 0 aliphatic carbocycles. The molecule has 3 heterocycles. The van der Waals surface area contributed by atoms with Gasteiger partial charge in [0, 0.05) is 19.3 Å². The second kappa shape index (κ2) is 9.12. The quantitative estimate of drug-likeness (QED) is 0.564. The van der Waals surface area contributed by atoms with Crippen LogP contribution in [-0.2, 0) is 4.79 Å². The molecule has 1 saturated heterocycles. The molecule has 0 spiro atoms. The van der Waals surface area contributed by atoms with E-state index in [1.54, 1.807) is 43.8 Å². The maximum atomic E-state index is 12.9. The highest BCUT2D eigenvalue weighted by atomic mass is 16.5. The number of amides is 2. The highest BCUT2D eigenvalue weighted by molar-refractivity contribution is 6.07. The lowest BCUT2D eigenvalue weighted by atomic mass is 10.2. The van der Waals surface area contributed by atoms with Crippen molar-refractivity contribution in [3.63, 3.8) is 0 Å². The summed E-state index contributed by atoms with van der Waals surface area (Å²) in [6.45, 7) is 1.55. The van der Waals surface area contributed by atoms with E-state index in [0.29, 0.717) is 47.4 Å². The van der Waals surface area contributed by atoms with Gasteiger partial charge in [-0.3, -0.25) is 9.59 Å². The van der Waals surface area contributed by atoms with Crippen molar-refractivity contribution in [1.29, 1.82) is 0 Å². The number of anilines is 4. The molecule has 2 amide bonds. The van der Waals surface area contributed by atoms with E-state index in [1.807, 2.05) is 29.2 Å². The summed E-state index contributed by atoms with van der Waals surface area (Å²) >= 11 is 0. The Labute approximate surface area is 179 Å². The molecule has 1 fully saturated rings. The summed E-state index contributed by atoms with van der Waals surface area (Å²) in [6, 6.07) is 14.3. The molecular weight excluding hydrogens is 396 g/mol. The fourth-order valence-corrected chi connectivity index (χ4v) is 3.24. The van der Waals surface area contributed by atoms with Crippen LogP contribution in [0.5, 0.6) is 5.75 Å². The number of hydrogen-bond donors (Lipinski definition) is 3. The molecule has 3 aromatic rings. The van der Waals surface area contributed by atoms with Gasteiger partial charge in [-0.05, 0) is 36.4 Å². The van der Waals surface area contributed by atoms with Gasteiger partial charge in [0.05, 0.1) is 36.8 Å². The van der Waals surface area contributed by atoms with Gasteiger partial charge in [-0.2, -0.15) is 0 Å². The standard InChI is InChI=1S/C22H22N6O3/c1-31-18-7-3-2-6-17(18)27-21-16(5-4-10-24-21)22(30)26-15-8-9-19(25-13-15)28-12-11-23-20(29)14-28/h2-10,13H,11-12,14H2,1H3,(H,23,29)(H,24,27)(H,26,30). The smallest absolute Gasteiger partial charge is 0.259 e. The third kappa shape index (κ3) is 4.72. The Morgan fingerprint density at radius 2 is 2.00 bits per heavy atom. The number of carbonyl (C=O) groups is 2. The van der Waals surface area contributed by atoms with Gasteiger partial charge in [0.15, 0.2) is 0 Å². The van der Waals surface area contributed by atoms with Crippen molar-refractivity contribution < 1.29 is 14.3 Å². The topological polar surface area (TPSA) is 108 Å². The highest BCUT2D eigenvalue weighted by Gasteiger charge is 2.18. The molecule has 9 nitrogen and oxygen atoms in total. The molecule has 0 radical (unpaired) electrons. The van der Waals surface area contributed by atoms with Crippen molar-refractivity contribution in [3.8, 4) is 5.75 Å². The largest absolute Gasteiger partial charge is 0.495 e. The summed E-state index contributed by atoms with van der Waals surface area (Å²) in [4.78, 5) is 35.0. The van der Waals surface area contributed by atoms with E-state index in [2.05, 4.69) is 25.9 Å². The Morgan fingerprint density at radius 3 is 2.77 bits per heavy atom. The molecule has 1 aliphatic heterocycles. The summed E-state index contributed by atoms with van der Waals surface area (Å²) in [7, 11) is 1.58. The van der Waals surface area contributed by atoms with Gasteiger partial charge in [0.25, 0.3) is 5.91 Å². The number of pyridine rings is 2. The van der Waals surface area contributed by atoms with E-state index >= 15 is 0 Å². The van der Waals surface area contributed by atoms with Gasteiger partial charge in [0.2, 0.25) is 5.91 Å². The monoisotopic (exact) mass is 418 g/mol. The first-order valence-electron chi connectivity index (χ1n) is 9.78. The van der Waals surface area contributed by atoms with Crippen LogP contribution in [0.15, 0.2) is 60.9 Å². The molecule has 1 aromatic carbocycles. The number of ether oxygens (including phenoxy) is 1. The van der Waals surface area contributed by atoms with Crippen LogP contribution in [0.25, 0.3) is 0 Å². The third-order valence-corrected chi connectivity index (χ3v) is 4.78. The Kier molecular flexibility index (Phi) is 5.93. The van der Waals surface area contributed by atoms with Crippen molar-refractivity contribution in [3.05, 3.63) is 66.5 Å². The zero-order valence-corrected chi connectivity index (χ0v) is 17.0. The molecule has 0 bridgehead atoms. The number of piperazine rings is 1. The van der Waals surface area contributed by atoms with Gasteiger partial charge in [-0.1, -0.05) is 12.1 Å². The number of benzene rings is 1. The number of methoxy groups -OCH3 is 1. The van der Waals surface area contributed by atoms with E-state index in [4.69, 9.17) is 4.74 Å². The number of hydrogen-bond acceptors (Lipinski definition) is 7. The Hall–Kier alpha value is -4.14. The number of carbonyl (C=O) groups excluding carboxylic acids is 2. The van der Waals surface area contributed by atoms with Crippen LogP contribution < -0.4 is 25.6 Å². The van der Waals surface area contributed by atoms with E-state index < -0.39 is 0 Å². The number of nitrogens with one attached hydrogen (secondary N) is 3. The number of aromatic nitrogens is 2. The predicted octanol–water partition coefficient (Wildman–Crippen LogP) is 2.42. The van der Waals surface area contributed by atoms with Crippen molar-refractivity contribution in [2.24, 2.45) is 0 Å². The third-order valence-electron chi connectivity index (χ3n) is 4.78. The van der Waals surface area contributed by atoms with Gasteiger partial charge < -0.3 is 25.6 Å². The molecule has 3 N–H and O–H groups in total. The van der Waals surface area contributed by atoms with Gasteiger partial charge in [-0.25, -0.2) is 9.97 Å². The number of rotatable bonds is 6. The van der Waals surface area contributed by atoms with Crippen LogP contribution in [0.2, 0.25) is 0 Å². The van der Waals surface area contributed by atoms with Crippen molar-refractivity contribution >= 4 is 34.8 Å². The van der Waals surface area contributed by atoms with Crippen LogP contribution >= 0.6 is 0 Å². The van der Waals surface area contributed by atoms with Gasteiger partial charge in [0.1, 0.15) is 17.4 Å². The van der Waals surface area contributed by atoms with E-state index in [-0.39, 0.29) is 18.4 Å². The first-order chi connectivity index (χ1) is 15.1. The normalized spacial score (nSPS) is 13.3. The molecule has 0 atom stereocenters. The fourth-order valence-electron chi connectivity index (χ4n) is 3.24. The van der Waals surface area contributed by atoms with Crippen LogP contribution in [-0.4, -0.2) is 48.5 Å². The first kappa shape index (κ1) is 20.1. The van der Waals surface area contributed by atoms with Crippen molar-refractivity contribution in [2.75, 3.05) is 42.3 Å². The summed E-state index contributed by atoms with van der Waals surface area (Å²) < 4.78 is 5.35. The molecule has 2 aromatic heterocycles. The highest BCUT2D eigenvalue weighted by Crippen LogP contribution is 2.28. The molecule has 0 unspecified atom stereocenters. The average Bonchev–Trinajstić information content (AvgIpc) is 2.80. The van der Waals surface area contributed by atoms with Gasteiger partial charge in [-0.15, -0.1) is 0 Å². The average molecular weight is 418 g/mol. The lowest BCUT2D eigenvalue weighted by molar-refractivity contribution is -0.120. The Bertz CT molecular complexity index is 1090. The van der Waals surface area contributed by atoms with Crippen molar-refractivity contribution in [1.82, 2.24) is 15.3 Å². The Morgan fingerprint density at radius 1 is 1.13 bits per heavy atom. The van der Waals surface area contributed by atoms with Crippen LogP contribution in [0, 0.1) is 0 Å². The van der Waals surface area contributed by atoms with Crippen molar-refractivity contribution in [2.45, 2.75) is 0 Å².